The van der Waals surface area contributed by atoms with E-state index < -0.39 is 0 Å². The molecule has 0 radical (unpaired) electrons. The average molecular weight is 358 g/mol. The molecule has 0 saturated carbocycles. The molecule has 0 spiro atoms. The summed E-state index contributed by atoms with van der Waals surface area (Å²) in [5, 5.41) is 8.90. The van der Waals surface area contributed by atoms with Gasteiger partial charge in [-0.15, -0.1) is 10.2 Å². The number of aromatic amines is 1. The van der Waals surface area contributed by atoms with E-state index in [1.54, 1.807) is 6.20 Å². The predicted molar refractivity (Wildman–Crippen MR) is 95.8 cm³/mol. The van der Waals surface area contributed by atoms with Gasteiger partial charge in [0.25, 0.3) is 5.91 Å². The van der Waals surface area contributed by atoms with E-state index in [0.29, 0.717) is 12.2 Å². The molecule has 1 N–H and O–H groups in total. The molecule has 1 amide bonds. The second-order valence-electron chi connectivity index (χ2n) is 7.10. The van der Waals surface area contributed by atoms with Crippen molar-refractivity contribution in [1.29, 1.82) is 0 Å². The van der Waals surface area contributed by atoms with Crippen molar-refractivity contribution in [3.8, 4) is 0 Å². The second kappa shape index (κ2) is 7.59. The van der Waals surface area contributed by atoms with Gasteiger partial charge in [-0.1, -0.05) is 0 Å². The highest BCUT2D eigenvalue weighted by molar-refractivity contribution is 5.92. The number of nitrogens with one attached hydrogen (secondary N) is 1. The summed E-state index contributed by atoms with van der Waals surface area (Å²) in [6, 6.07) is 3.68. The lowest BCUT2D eigenvalue weighted by molar-refractivity contribution is 0.0326. The minimum absolute atomic E-state index is 0.0652. The van der Waals surface area contributed by atoms with Crippen LogP contribution in [-0.2, 0) is 18.3 Å². The molecule has 1 unspecified atom stereocenters. The summed E-state index contributed by atoms with van der Waals surface area (Å²) < 4.78 is 7.52. The highest BCUT2D eigenvalue weighted by atomic mass is 16.5. The fourth-order valence-electron chi connectivity index (χ4n) is 3.83. The van der Waals surface area contributed by atoms with Gasteiger partial charge in [0.15, 0.2) is 0 Å². The quantitative estimate of drug-likeness (QED) is 0.882. The first-order chi connectivity index (χ1) is 12.7. The van der Waals surface area contributed by atoms with E-state index in [1.807, 2.05) is 24.1 Å². The number of hydrogen-bond donors (Lipinski definition) is 1. The molecule has 4 rings (SSSR count). The number of hydrogen-bond acceptors (Lipinski definition) is 5. The Labute approximate surface area is 153 Å². The fraction of sp³-hybridized carbons (Fsp3) is 0.611. The van der Waals surface area contributed by atoms with Gasteiger partial charge in [-0.2, -0.15) is 0 Å². The summed E-state index contributed by atoms with van der Waals surface area (Å²) >= 11 is 0. The molecule has 26 heavy (non-hydrogen) atoms. The van der Waals surface area contributed by atoms with E-state index in [0.717, 1.165) is 63.9 Å². The molecule has 2 aromatic rings. The van der Waals surface area contributed by atoms with Crippen molar-refractivity contribution >= 4 is 5.91 Å². The van der Waals surface area contributed by atoms with Crippen molar-refractivity contribution < 1.29 is 9.53 Å². The molecule has 1 atom stereocenters. The Morgan fingerprint density at radius 1 is 1.31 bits per heavy atom. The molecule has 2 aliphatic rings. The Morgan fingerprint density at radius 3 is 2.92 bits per heavy atom. The van der Waals surface area contributed by atoms with Gasteiger partial charge < -0.3 is 19.2 Å². The third-order valence-electron chi connectivity index (χ3n) is 5.37. The molecular weight excluding hydrogens is 332 g/mol. The fourth-order valence-corrected chi connectivity index (χ4v) is 3.83. The van der Waals surface area contributed by atoms with Crippen LogP contribution in [0.4, 0.5) is 0 Å². The van der Waals surface area contributed by atoms with Crippen molar-refractivity contribution in [3.63, 3.8) is 0 Å². The zero-order valence-electron chi connectivity index (χ0n) is 15.2. The largest absolute Gasteiger partial charge is 0.379 e. The summed E-state index contributed by atoms with van der Waals surface area (Å²) in [4.78, 5) is 19.9. The maximum atomic E-state index is 12.6. The van der Waals surface area contributed by atoms with Crippen LogP contribution in [0, 0.1) is 0 Å². The Balaban J connectivity index is 1.44. The maximum Gasteiger partial charge on any atom is 0.270 e. The number of morpholine rings is 1. The average Bonchev–Trinajstić information content (AvgIpc) is 3.33. The predicted octanol–water partition coefficient (Wildman–Crippen LogP) is 0.995. The van der Waals surface area contributed by atoms with E-state index in [9.17, 15) is 4.79 Å². The number of nitrogens with zero attached hydrogens (tertiary/aromatic N) is 5. The molecule has 8 heteroatoms. The molecule has 2 aliphatic heterocycles. The number of amides is 1. The Kier molecular flexibility index (Phi) is 5.03. The molecule has 0 aromatic carbocycles. The van der Waals surface area contributed by atoms with Gasteiger partial charge in [0.1, 0.15) is 17.3 Å². The van der Waals surface area contributed by atoms with Gasteiger partial charge in [0.2, 0.25) is 0 Å². The number of aromatic nitrogens is 4. The third-order valence-corrected chi connectivity index (χ3v) is 5.37. The first-order valence-electron chi connectivity index (χ1n) is 9.33. The van der Waals surface area contributed by atoms with Gasteiger partial charge in [-0.25, -0.2) is 0 Å². The number of carbonyl (C=O) groups is 1. The van der Waals surface area contributed by atoms with Crippen LogP contribution in [0.3, 0.4) is 0 Å². The summed E-state index contributed by atoms with van der Waals surface area (Å²) in [6.07, 6.45) is 3.82. The van der Waals surface area contributed by atoms with Crippen LogP contribution in [0.15, 0.2) is 18.3 Å². The molecule has 0 bridgehead atoms. The normalized spacial score (nSPS) is 21.9. The van der Waals surface area contributed by atoms with Crippen LogP contribution in [0.1, 0.15) is 40.9 Å². The number of likely N-dealkylation sites (tertiary alicyclic amines) is 1. The van der Waals surface area contributed by atoms with Gasteiger partial charge in [0.05, 0.1) is 19.8 Å². The Morgan fingerprint density at radius 2 is 2.15 bits per heavy atom. The van der Waals surface area contributed by atoms with Crippen molar-refractivity contribution in [2.75, 3.05) is 39.4 Å². The second-order valence-corrected chi connectivity index (χ2v) is 7.10. The summed E-state index contributed by atoms with van der Waals surface area (Å²) in [5.74, 6) is 2.26. The number of piperidine rings is 1. The molecular formula is C18H26N6O2. The van der Waals surface area contributed by atoms with Crippen molar-refractivity contribution in [2.24, 2.45) is 7.05 Å². The Hall–Kier alpha value is -2.19. The van der Waals surface area contributed by atoms with Crippen LogP contribution in [-0.4, -0.2) is 74.8 Å². The highest BCUT2D eigenvalue weighted by Crippen LogP contribution is 2.26. The molecule has 2 fully saturated rings. The molecule has 140 valence electrons. The summed E-state index contributed by atoms with van der Waals surface area (Å²) in [6.45, 7) is 5.72. The van der Waals surface area contributed by atoms with Crippen molar-refractivity contribution in [1.82, 2.24) is 29.5 Å². The highest BCUT2D eigenvalue weighted by Gasteiger charge is 2.29. The van der Waals surface area contributed by atoms with Crippen molar-refractivity contribution in [3.05, 3.63) is 35.7 Å². The first-order valence-corrected chi connectivity index (χ1v) is 9.33. The van der Waals surface area contributed by atoms with Crippen LogP contribution >= 0.6 is 0 Å². The molecule has 2 saturated heterocycles. The van der Waals surface area contributed by atoms with Crippen LogP contribution < -0.4 is 0 Å². The van der Waals surface area contributed by atoms with E-state index in [2.05, 4.69) is 24.6 Å². The monoisotopic (exact) mass is 358 g/mol. The van der Waals surface area contributed by atoms with E-state index in [4.69, 9.17) is 4.74 Å². The van der Waals surface area contributed by atoms with E-state index >= 15 is 0 Å². The number of rotatable bonds is 4. The molecule has 4 heterocycles. The minimum atomic E-state index is 0.0652. The van der Waals surface area contributed by atoms with Crippen LogP contribution in [0.25, 0.3) is 0 Å². The van der Waals surface area contributed by atoms with Crippen LogP contribution in [0.5, 0.6) is 0 Å². The molecule has 2 aromatic heterocycles. The van der Waals surface area contributed by atoms with Gasteiger partial charge in [-0.3, -0.25) is 9.69 Å². The molecule has 8 nitrogen and oxygen atoms in total. The van der Waals surface area contributed by atoms with E-state index in [-0.39, 0.29) is 11.8 Å². The first kappa shape index (κ1) is 17.2. The number of ether oxygens (including phenoxy) is 1. The Bertz CT molecular complexity index is 735. The minimum Gasteiger partial charge on any atom is -0.379 e. The summed E-state index contributed by atoms with van der Waals surface area (Å²) in [7, 11) is 2.04. The lowest BCUT2D eigenvalue weighted by Crippen LogP contribution is -2.40. The molecule has 0 aliphatic carbocycles. The lowest BCUT2D eigenvalue weighted by Gasteiger charge is -2.32. The topological polar surface area (TPSA) is 79.3 Å². The zero-order chi connectivity index (χ0) is 17.9. The van der Waals surface area contributed by atoms with Crippen molar-refractivity contribution in [2.45, 2.75) is 25.3 Å². The zero-order valence-corrected chi connectivity index (χ0v) is 15.2. The number of H-pyrrole nitrogens is 1. The maximum absolute atomic E-state index is 12.6. The van der Waals surface area contributed by atoms with Gasteiger partial charge in [0, 0.05) is 45.3 Å². The SMILES string of the molecule is Cn1c(CN2CCOCC2)nnc1C1CCCN(C(=O)c2ccc[nH]2)C1. The third kappa shape index (κ3) is 3.52. The smallest absolute Gasteiger partial charge is 0.270 e. The lowest BCUT2D eigenvalue weighted by atomic mass is 9.97. The van der Waals surface area contributed by atoms with Crippen LogP contribution in [0.2, 0.25) is 0 Å². The van der Waals surface area contributed by atoms with Gasteiger partial charge in [-0.05, 0) is 25.0 Å². The van der Waals surface area contributed by atoms with Gasteiger partial charge >= 0.3 is 0 Å². The standard InChI is InChI=1S/C18H26N6O2/c1-22-16(13-23-8-10-26-11-9-23)20-21-17(22)14-4-3-7-24(12-14)18(25)15-5-2-6-19-15/h2,5-6,14,19H,3-4,7-13H2,1H3. The number of carbonyl (C=O) groups excluding carboxylic acids is 1. The summed E-state index contributed by atoms with van der Waals surface area (Å²) in [5.41, 5.74) is 0.650. The van der Waals surface area contributed by atoms with E-state index in [1.165, 1.54) is 0 Å².